The summed E-state index contributed by atoms with van der Waals surface area (Å²) in [6, 6.07) is 3.38. The minimum Gasteiger partial charge on any atom is -0.497 e. The van der Waals surface area contributed by atoms with Gasteiger partial charge in [-0.3, -0.25) is 70.7 Å². The Morgan fingerprint density at radius 3 is 2.00 bits per heavy atom. The number of aliphatic hydroxyl groups is 1. The molecule has 11 atom stereocenters. The molecule has 100 heavy (non-hydrogen) atoms. The molecule has 0 radical (unpaired) electrons. The number of nitrogens with one attached hydrogen (secondary N) is 5. The van der Waals surface area contributed by atoms with Gasteiger partial charge in [-0.15, -0.1) is 0 Å². The lowest BCUT2D eigenvalue weighted by Gasteiger charge is -2.28. The molecule has 3 aliphatic rings. The summed E-state index contributed by atoms with van der Waals surface area (Å²) in [4.78, 5) is 147. The number of aliphatic hydroxyl groups excluding tert-OH is 1. The first-order valence-electron chi connectivity index (χ1n) is 32.2. The number of hydrogen-bond acceptors (Lipinski definition) is 28. The Labute approximate surface area is 574 Å². The summed E-state index contributed by atoms with van der Waals surface area (Å²) < 4.78 is 74.6. The van der Waals surface area contributed by atoms with Crippen molar-refractivity contribution in [1.82, 2.24) is 70.4 Å². The zero-order valence-electron chi connectivity index (χ0n) is 56.0. The van der Waals surface area contributed by atoms with Crippen LogP contribution in [0.2, 0.25) is 0 Å². The molecule has 3 unspecified atom stereocenters. The maximum Gasteiger partial charge on any atom is 0.472 e. The summed E-state index contributed by atoms with van der Waals surface area (Å²) in [5, 5.41) is 44.3. The number of aliphatic carboxylic acids is 2. The van der Waals surface area contributed by atoms with E-state index in [0.29, 0.717) is 76.4 Å². The number of carboxylic acids is 2. The van der Waals surface area contributed by atoms with Gasteiger partial charge in [0.05, 0.1) is 58.9 Å². The second-order valence-corrected chi connectivity index (χ2v) is 27.8. The van der Waals surface area contributed by atoms with Crippen LogP contribution in [0.4, 0.5) is 16.4 Å². The van der Waals surface area contributed by atoms with E-state index >= 15 is 0 Å². The molecule has 1 aromatic carbocycles. The van der Waals surface area contributed by atoms with Crippen LogP contribution in [0.25, 0.3) is 11.2 Å². The largest absolute Gasteiger partial charge is 0.497 e. The number of carboxylic acid groups (broad SMARTS) is 2. The molecule has 6 heterocycles. The third-order valence-electron chi connectivity index (χ3n) is 16.0. The number of methoxy groups -OCH3 is 1. The number of amides is 5. The van der Waals surface area contributed by atoms with Crippen LogP contribution in [0, 0.1) is 0 Å². The number of carbonyl (C=O) groups is 7. The highest BCUT2D eigenvalue weighted by Crippen LogP contribution is 2.50. The molecule has 41 heteroatoms. The van der Waals surface area contributed by atoms with Crippen LogP contribution >= 0.6 is 15.6 Å². The molecular weight excluding hydrogens is 1360 g/mol. The lowest BCUT2D eigenvalue weighted by molar-refractivity contribution is -0.140. The van der Waals surface area contributed by atoms with Crippen molar-refractivity contribution in [1.29, 1.82) is 0 Å². The van der Waals surface area contributed by atoms with Gasteiger partial charge in [-0.2, -0.15) is 4.98 Å². The maximum absolute atomic E-state index is 14.9. The van der Waals surface area contributed by atoms with Crippen molar-refractivity contribution in [3.05, 3.63) is 65.2 Å². The topological polar surface area (TPSA) is 529 Å². The number of fused-ring (bicyclic) bond motifs is 1. The molecule has 4 aromatic rings. The first kappa shape index (κ1) is 79.4. The number of carbonyl (C=O) groups excluding carboxylic acids is 5. The average molecular weight is 1450 g/mol. The fourth-order valence-corrected chi connectivity index (χ4v) is 12.8. The molecule has 554 valence electrons. The SMILES string of the molecule is COc1ccc(C[C@H](NC(=O)[C@@H](CCCNC(C)=O)NC(=O)OC(C)(C)C)C(=O)NC2[C@@H](COP(=O)(O)O[C@@H]3C[C@H](n4ccc(N)nc4=O)O[C@@H]3COP(=O)(O)OCCCCCCNC(=O)CN3CCN(CC(=O)O)CCN(CC(=O)O)CC3)O[C@@H](n3cnc4c(N)ncnc43)[C@H]2O)cc1. The van der Waals surface area contributed by atoms with E-state index in [0.717, 1.165) is 10.9 Å². The van der Waals surface area contributed by atoms with Gasteiger partial charge in [0.2, 0.25) is 23.6 Å². The molecule has 3 saturated heterocycles. The van der Waals surface area contributed by atoms with Crippen molar-refractivity contribution in [2.45, 2.75) is 140 Å². The molecule has 14 N–H and O–H groups in total. The normalized spacial score (nSPS) is 22.0. The first-order valence-corrected chi connectivity index (χ1v) is 35.2. The van der Waals surface area contributed by atoms with Crippen molar-refractivity contribution in [2.75, 3.05) is 110 Å². The Kier molecular flexibility index (Phi) is 29.5. The van der Waals surface area contributed by atoms with Gasteiger partial charge in [0.25, 0.3) is 0 Å². The zero-order valence-corrected chi connectivity index (χ0v) is 57.8. The average Bonchev–Trinajstić information content (AvgIpc) is 1.62. The third kappa shape index (κ3) is 25.3. The van der Waals surface area contributed by atoms with Crippen molar-refractivity contribution in [2.24, 2.45) is 0 Å². The maximum atomic E-state index is 14.9. The van der Waals surface area contributed by atoms with E-state index in [1.807, 2.05) is 4.90 Å². The van der Waals surface area contributed by atoms with Gasteiger partial charge in [0.1, 0.15) is 71.7 Å². The van der Waals surface area contributed by atoms with E-state index in [1.165, 1.54) is 37.2 Å². The number of phosphoric ester groups is 2. The zero-order chi connectivity index (χ0) is 72.9. The van der Waals surface area contributed by atoms with Gasteiger partial charge in [0, 0.05) is 78.3 Å². The molecule has 0 spiro atoms. The van der Waals surface area contributed by atoms with Crippen LogP contribution in [0.3, 0.4) is 0 Å². The highest BCUT2D eigenvalue weighted by atomic mass is 31.2. The number of rotatable bonds is 36. The minimum absolute atomic E-state index is 0.00491. The minimum atomic E-state index is -5.40. The Morgan fingerprint density at radius 1 is 0.740 bits per heavy atom. The van der Waals surface area contributed by atoms with Crippen LogP contribution in [0.5, 0.6) is 5.75 Å². The third-order valence-corrected chi connectivity index (χ3v) is 18.0. The number of imidazole rings is 1. The van der Waals surface area contributed by atoms with E-state index in [2.05, 4.69) is 46.5 Å². The number of benzene rings is 1. The molecule has 39 nitrogen and oxygen atoms in total. The fraction of sp³-hybridized carbons (Fsp3) is 0.627. The number of unbranched alkanes of at least 4 members (excludes halogenated alkanes) is 3. The predicted molar refractivity (Wildman–Crippen MR) is 351 cm³/mol. The standard InChI is InChI=1S/C59H90N16O23P2/c1-36(76)62-18-10-11-39(68-58(86)97-59(2,3)4)54(83)67-40(27-37-12-14-38(91-5)15-13-37)55(84)70-49-43(96-56(51(49)82)75-35-66-50-52(61)64-34-65-53(50)75)33-94-100(89,90)98-41-28-46(74-19-16-44(60)69-57(74)85)95-42(41)32-93-99(87,88)92-26-9-7-6-8-17-63-45(77)29-71-20-22-72(30-47(78)79)24-25-73(23-21-71)31-48(80)81/h12-16,19,34-35,39-43,46,49,51,56,82H,6-11,17-18,20-33H2,1-5H3,(H,62,76)(H,63,77)(H,67,83)(H,68,86)(H,70,84)(H,78,79)(H,80,81)(H,87,88)(H,89,90)(H2,60,69,85)(H2,61,64,65)/t39-,40+,41-,42-,43-,46-,49?,51+,56-/m1/s1. The summed E-state index contributed by atoms with van der Waals surface area (Å²) in [5.41, 5.74) is 10.6. The quantitative estimate of drug-likeness (QED) is 0.0196. The number of hydrogen-bond donors (Lipinski definition) is 12. The molecule has 0 saturated carbocycles. The number of phosphoric acid groups is 2. The van der Waals surface area contributed by atoms with Gasteiger partial charge in [0.15, 0.2) is 17.7 Å². The molecule has 3 aliphatic heterocycles. The van der Waals surface area contributed by atoms with Gasteiger partial charge >= 0.3 is 39.4 Å². The Balaban J connectivity index is 1.00. The van der Waals surface area contributed by atoms with Crippen molar-refractivity contribution >= 4 is 80.1 Å². The number of ether oxygens (including phenoxy) is 4. The summed E-state index contributed by atoms with van der Waals surface area (Å²) in [6.45, 7) is 6.34. The Bertz CT molecular complexity index is 3560. The molecule has 7 rings (SSSR count). The fourth-order valence-electron chi connectivity index (χ4n) is 11.0. The number of nitrogens with zero attached hydrogens (tertiary/aromatic N) is 9. The molecule has 3 aromatic heterocycles. The van der Waals surface area contributed by atoms with E-state index in [1.54, 1.807) is 54.8 Å². The molecule has 0 bridgehead atoms. The Morgan fingerprint density at radius 2 is 1.37 bits per heavy atom. The second kappa shape index (κ2) is 37.2. The number of aromatic nitrogens is 6. The molecular formula is C59H90N16O23P2. The van der Waals surface area contributed by atoms with Gasteiger partial charge in [-0.25, -0.2) is 33.7 Å². The molecule has 5 amide bonds. The molecule has 3 fully saturated rings. The van der Waals surface area contributed by atoms with Crippen LogP contribution in [0.15, 0.2) is 54.0 Å². The lowest BCUT2D eigenvalue weighted by atomic mass is 10.0. The number of nitrogens with two attached hydrogens (primary N) is 2. The lowest BCUT2D eigenvalue weighted by Crippen LogP contribution is -2.58. The van der Waals surface area contributed by atoms with Crippen molar-refractivity contribution < 1.29 is 105 Å². The smallest absolute Gasteiger partial charge is 0.472 e. The van der Waals surface area contributed by atoms with E-state index in [-0.39, 0.29) is 93.1 Å². The number of nitrogen functional groups attached to an aromatic ring is 2. The summed E-state index contributed by atoms with van der Waals surface area (Å²) in [7, 11) is -8.84. The highest BCUT2D eigenvalue weighted by molar-refractivity contribution is 7.47. The van der Waals surface area contributed by atoms with Crippen LogP contribution in [-0.4, -0.2) is 258 Å². The van der Waals surface area contributed by atoms with Crippen LogP contribution < -0.4 is 48.5 Å². The highest BCUT2D eigenvalue weighted by Gasteiger charge is 2.49. The van der Waals surface area contributed by atoms with Crippen LogP contribution in [-0.2, 0) is 76.6 Å². The second-order valence-electron chi connectivity index (χ2n) is 24.9. The summed E-state index contributed by atoms with van der Waals surface area (Å²) in [5.74, 6) is -4.15. The monoisotopic (exact) mass is 1450 g/mol. The van der Waals surface area contributed by atoms with E-state index in [4.69, 9.17) is 48.5 Å². The van der Waals surface area contributed by atoms with E-state index < -0.39 is 131 Å². The summed E-state index contributed by atoms with van der Waals surface area (Å²) in [6.07, 6.45) is -5.13. The first-order chi connectivity index (χ1) is 47.3. The van der Waals surface area contributed by atoms with Crippen molar-refractivity contribution in [3.63, 3.8) is 0 Å². The van der Waals surface area contributed by atoms with Crippen LogP contribution in [0.1, 0.15) is 90.7 Å². The van der Waals surface area contributed by atoms with Crippen molar-refractivity contribution in [3.8, 4) is 5.75 Å². The van der Waals surface area contributed by atoms with Gasteiger partial charge in [-0.1, -0.05) is 25.0 Å². The van der Waals surface area contributed by atoms with E-state index in [9.17, 15) is 72.6 Å². The number of alkyl carbamates (subject to hydrolysis) is 1. The predicted octanol–water partition coefficient (Wildman–Crippen LogP) is -0.775. The Hall–Kier alpha value is -7.88. The van der Waals surface area contributed by atoms with Gasteiger partial charge in [-0.05, 0) is 70.2 Å². The summed E-state index contributed by atoms with van der Waals surface area (Å²) >= 11 is 0. The van der Waals surface area contributed by atoms with Gasteiger partial charge < -0.3 is 82.1 Å². The number of anilines is 2. The molecule has 0 aliphatic carbocycles.